The molecule has 0 aromatic carbocycles. The molecule has 5 nitrogen and oxygen atoms in total. The number of sulfonamides is 1. The van der Waals surface area contributed by atoms with Crippen molar-refractivity contribution in [2.24, 2.45) is 5.73 Å². The van der Waals surface area contributed by atoms with Crippen LogP contribution >= 0.6 is 0 Å². The largest absolute Gasteiger partial charge is 0.318 e. The molecule has 0 saturated heterocycles. The summed E-state index contributed by atoms with van der Waals surface area (Å²) in [7, 11) is -3.50. The van der Waals surface area contributed by atoms with Gasteiger partial charge < -0.3 is 5.73 Å². The van der Waals surface area contributed by atoms with Gasteiger partial charge in [-0.25, -0.2) is 8.42 Å². The van der Waals surface area contributed by atoms with Crippen molar-refractivity contribution < 1.29 is 13.2 Å². The fourth-order valence-corrected chi connectivity index (χ4v) is 1.62. The average Bonchev–Trinajstić information content (AvgIpc) is 2.03. The minimum Gasteiger partial charge on any atom is -0.318 e. The van der Waals surface area contributed by atoms with Gasteiger partial charge in [-0.1, -0.05) is 13.3 Å². The van der Waals surface area contributed by atoms with Gasteiger partial charge >= 0.3 is 0 Å². The van der Waals surface area contributed by atoms with E-state index < -0.39 is 21.5 Å². The zero-order chi connectivity index (χ0) is 11.4. The Morgan fingerprint density at radius 3 is 2.29 bits per heavy atom. The highest BCUT2D eigenvalue weighted by atomic mass is 32.2. The van der Waals surface area contributed by atoms with Gasteiger partial charge in [0.2, 0.25) is 10.0 Å². The van der Waals surface area contributed by atoms with E-state index in [0.717, 1.165) is 6.42 Å². The molecule has 0 aliphatic heterocycles. The van der Waals surface area contributed by atoms with Gasteiger partial charge in [-0.2, -0.15) is 0 Å². The molecule has 0 aliphatic carbocycles. The molecule has 0 aromatic heterocycles. The molecule has 0 saturated carbocycles. The molecule has 1 unspecified atom stereocenters. The van der Waals surface area contributed by atoms with E-state index in [9.17, 15) is 13.2 Å². The van der Waals surface area contributed by atoms with E-state index in [1.807, 2.05) is 11.6 Å². The molecule has 1 amide bonds. The SMILES string of the molecule is CCCC(C)(N)C(=O)NS(=O)(=O)CC. The van der Waals surface area contributed by atoms with Crippen LogP contribution in [-0.2, 0) is 14.8 Å². The Balaban J connectivity index is 4.50. The summed E-state index contributed by atoms with van der Waals surface area (Å²) in [5.74, 6) is -0.762. The fourth-order valence-electron chi connectivity index (χ4n) is 0.963. The van der Waals surface area contributed by atoms with Gasteiger partial charge in [0.1, 0.15) is 0 Å². The van der Waals surface area contributed by atoms with Crippen LogP contribution in [0.5, 0.6) is 0 Å². The lowest BCUT2D eigenvalue weighted by molar-refractivity contribution is -0.124. The third-order valence-corrected chi connectivity index (χ3v) is 3.17. The standard InChI is InChI=1S/C8H18N2O3S/c1-4-6-8(3,9)7(11)10-14(12,13)5-2/h4-6,9H2,1-3H3,(H,10,11). The fraction of sp³-hybridized carbons (Fsp3) is 0.875. The quantitative estimate of drug-likeness (QED) is 0.683. The van der Waals surface area contributed by atoms with Crippen molar-refractivity contribution in [3.05, 3.63) is 0 Å². The third-order valence-electron chi connectivity index (χ3n) is 1.92. The van der Waals surface area contributed by atoms with Gasteiger partial charge in [0.25, 0.3) is 5.91 Å². The molecule has 0 bridgehead atoms. The Morgan fingerprint density at radius 2 is 1.93 bits per heavy atom. The number of amides is 1. The highest BCUT2D eigenvalue weighted by Gasteiger charge is 2.29. The Kier molecular flexibility index (Phi) is 4.54. The van der Waals surface area contributed by atoms with Crippen LogP contribution in [0.4, 0.5) is 0 Å². The minimum absolute atomic E-state index is 0.124. The zero-order valence-electron chi connectivity index (χ0n) is 8.83. The summed E-state index contributed by atoms with van der Waals surface area (Å²) < 4.78 is 24.1. The molecular formula is C8H18N2O3S. The van der Waals surface area contributed by atoms with E-state index >= 15 is 0 Å². The van der Waals surface area contributed by atoms with Gasteiger partial charge in [0, 0.05) is 0 Å². The molecule has 0 heterocycles. The number of hydrogen-bond donors (Lipinski definition) is 2. The van der Waals surface area contributed by atoms with Crippen LogP contribution in [0.3, 0.4) is 0 Å². The first kappa shape index (κ1) is 13.4. The second-order valence-electron chi connectivity index (χ2n) is 3.50. The van der Waals surface area contributed by atoms with Crippen LogP contribution in [0.25, 0.3) is 0 Å². The van der Waals surface area contributed by atoms with E-state index in [1.165, 1.54) is 13.8 Å². The molecular weight excluding hydrogens is 204 g/mol. The van der Waals surface area contributed by atoms with Crippen molar-refractivity contribution in [2.45, 2.75) is 39.2 Å². The Morgan fingerprint density at radius 1 is 1.43 bits per heavy atom. The maximum Gasteiger partial charge on any atom is 0.253 e. The number of carbonyl (C=O) groups is 1. The first-order valence-corrected chi connectivity index (χ1v) is 6.24. The lowest BCUT2D eigenvalue weighted by atomic mass is 9.97. The molecule has 6 heteroatoms. The van der Waals surface area contributed by atoms with Crippen molar-refractivity contribution in [3.8, 4) is 0 Å². The molecule has 0 aliphatic rings. The predicted molar refractivity (Wildman–Crippen MR) is 55.1 cm³/mol. The van der Waals surface area contributed by atoms with Crippen LogP contribution in [0, 0.1) is 0 Å². The average molecular weight is 222 g/mol. The van der Waals surface area contributed by atoms with E-state index in [-0.39, 0.29) is 5.75 Å². The van der Waals surface area contributed by atoms with Crippen LogP contribution in [0.2, 0.25) is 0 Å². The van der Waals surface area contributed by atoms with Crippen molar-refractivity contribution >= 4 is 15.9 Å². The normalized spacial score (nSPS) is 16.0. The summed E-state index contributed by atoms with van der Waals surface area (Å²) in [6.07, 6.45) is 1.19. The molecule has 84 valence electrons. The number of hydrogen-bond acceptors (Lipinski definition) is 4. The van der Waals surface area contributed by atoms with E-state index in [4.69, 9.17) is 5.73 Å². The van der Waals surface area contributed by atoms with E-state index in [2.05, 4.69) is 0 Å². The molecule has 14 heavy (non-hydrogen) atoms. The highest BCUT2D eigenvalue weighted by molar-refractivity contribution is 7.90. The van der Waals surface area contributed by atoms with Gasteiger partial charge in [-0.05, 0) is 20.3 Å². The summed E-state index contributed by atoms with van der Waals surface area (Å²) in [5.41, 5.74) is 4.54. The highest BCUT2D eigenvalue weighted by Crippen LogP contribution is 2.08. The summed E-state index contributed by atoms with van der Waals surface area (Å²) >= 11 is 0. The maximum absolute atomic E-state index is 11.4. The van der Waals surface area contributed by atoms with Crippen LogP contribution in [-0.4, -0.2) is 25.6 Å². The summed E-state index contributed by atoms with van der Waals surface area (Å²) in [5, 5.41) is 0. The monoisotopic (exact) mass is 222 g/mol. The summed E-state index contributed by atoms with van der Waals surface area (Å²) in [6, 6.07) is 0. The first-order valence-electron chi connectivity index (χ1n) is 4.59. The molecule has 0 rings (SSSR count). The van der Waals surface area contributed by atoms with Crippen molar-refractivity contribution in [1.82, 2.24) is 4.72 Å². The maximum atomic E-state index is 11.4. The third kappa shape index (κ3) is 4.06. The van der Waals surface area contributed by atoms with Crippen LogP contribution in [0.15, 0.2) is 0 Å². The smallest absolute Gasteiger partial charge is 0.253 e. The first-order chi connectivity index (χ1) is 6.25. The second-order valence-corrected chi connectivity index (χ2v) is 5.51. The Labute approximate surface area is 85.1 Å². The summed E-state index contributed by atoms with van der Waals surface area (Å²) in [6.45, 7) is 4.87. The zero-order valence-corrected chi connectivity index (χ0v) is 9.65. The Hall–Kier alpha value is -0.620. The molecule has 0 fully saturated rings. The van der Waals surface area contributed by atoms with Crippen LogP contribution < -0.4 is 10.5 Å². The van der Waals surface area contributed by atoms with Crippen LogP contribution in [0.1, 0.15) is 33.6 Å². The number of carbonyl (C=O) groups excluding carboxylic acids is 1. The van der Waals surface area contributed by atoms with Crippen molar-refractivity contribution in [1.29, 1.82) is 0 Å². The minimum atomic E-state index is -3.50. The van der Waals surface area contributed by atoms with Gasteiger partial charge in [0.15, 0.2) is 0 Å². The Bertz CT molecular complexity index is 296. The second kappa shape index (κ2) is 4.75. The predicted octanol–water partition coefficient (Wildman–Crippen LogP) is -0.0302. The van der Waals surface area contributed by atoms with Crippen molar-refractivity contribution in [3.63, 3.8) is 0 Å². The van der Waals surface area contributed by atoms with Gasteiger partial charge in [0.05, 0.1) is 11.3 Å². The topological polar surface area (TPSA) is 89.3 Å². The lowest BCUT2D eigenvalue weighted by Gasteiger charge is -2.22. The van der Waals surface area contributed by atoms with Crippen molar-refractivity contribution in [2.75, 3.05) is 5.75 Å². The molecule has 0 spiro atoms. The molecule has 0 aromatic rings. The number of nitrogens with two attached hydrogens (primary N) is 1. The number of rotatable bonds is 5. The van der Waals surface area contributed by atoms with E-state index in [1.54, 1.807) is 0 Å². The van der Waals surface area contributed by atoms with Gasteiger partial charge in [-0.3, -0.25) is 9.52 Å². The lowest BCUT2D eigenvalue weighted by Crippen LogP contribution is -2.53. The molecule has 0 radical (unpaired) electrons. The summed E-state index contributed by atoms with van der Waals surface area (Å²) in [4.78, 5) is 11.4. The van der Waals surface area contributed by atoms with Gasteiger partial charge in [-0.15, -0.1) is 0 Å². The van der Waals surface area contributed by atoms with E-state index in [0.29, 0.717) is 6.42 Å². The number of nitrogens with one attached hydrogen (secondary N) is 1. The molecule has 3 N–H and O–H groups in total. The molecule has 1 atom stereocenters.